The van der Waals surface area contributed by atoms with E-state index in [-0.39, 0.29) is 37.5 Å². The van der Waals surface area contributed by atoms with Crippen molar-refractivity contribution in [1.29, 1.82) is 0 Å². The van der Waals surface area contributed by atoms with Crippen molar-refractivity contribution >= 4 is 17.9 Å². The van der Waals surface area contributed by atoms with E-state index in [1.807, 2.05) is 0 Å². The van der Waals surface area contributed by atoms with Crippen molar-refractivity contribution < 1.29 is 28.6 Å². The monoisotopic (exact) mass is 839 g/mol. The Morgan fingerprint density at radius 3 is 1.00 bits per heavy atom. The zero-order valence-corrected chi connectivity index (χ0v) is 39.5. The van der Waals surface area contributed by atoms with Crippen LogP contribution in [-0.4, -0.2) is 37.2 Å². The maximum Gasteiger partial charge on any atom is 0.306 e. The first-order chi connectivity index (χ1) is 29.5. The fourth-order valence-corrected chi connectivity index (χ4v) is 7.01. The quantitative estimate of drug-likeness (QED) is 0.0263. The molecule has 0 aromatic heterocycles. The summed E-state index contributed by atoms with van der Waals surface area (Å²) in [6.45, 7) is 6.48. The van der Waals surface area contributed by atoms with Gasteiger partial charge in [0.15, 0.2) is 6.10 Å². The molecule has 0 N–H and O–H groups in total. The van der Waals surface area contributed by atoms with Crippen molar-refractivity contribution in [3.05, 3.63) is 60.8 Å². The number of unbranched alkanes of at least 4 members (excludes halogenated alkanes) is 24. The van der Waals surface area contributed by atoms with Crippen LogP contribution in [0.2, 0.25) is 0 Å². The Morgan fingerprint density at radius 2 is 0.650 bits per heavy atom. The summed E-state index contributed by atoms with van der Waals surface area (Å²) in [7, 11) is 0. The van der Waals surface area contributed by atoms with Gasteiger partial charge in [0.2, 0.25) is 0 Å². The lowest BCUT2D eigenvalue weighted by molar-refractivity contribution is -0.167. The second-order valence-corrected chi connectivity index (χ2v) is 16.7. The lowest BCUT2D eigenvalue weighted by Gasteiger charge is -2.18. The molecule has 0 aromatic carbocycles. The van der Waals surface area contributed by atoms with Crippen LogP contribution in [0.3, 0.4) is 0 Å². The highest BCUT2D eigenvalue weighted by molar-refractivity contribution is 5.71. The average Bonchev–Trinajstić information content (AvgIpc) is 3.24. The first-order valence-corrected chi connectivity index (χ1v) is 25.3. The minimum Gasteiger partial charge on any atom is -0.462 e. The van der Waals surface area contributed by atoms with Crippen molar-refractivity contribution in [1.82, 2.24) is 0 Å². The van der Waals surface area contributed by atoms with Crippen molar-refractivity contribution in [2.75, 3.05) is 13.2 Å². The summed E-state index contributed by atoms with van der Waals surface area (Å²) in [6.07, 6.45) is 59.2. The van der Waals surface area contributed by atoms with Crippen molar-refractivity contribution in [3.8, 4) is 0 Å². The molecule has 0 heterocycles. The van der Waals surface area contributed by atoms with E-state index < -0.39 is 6.10 Å². The van der Waals surface area contributed by atoms with E-state index in [0.29, 0.717) is 19.3 Å². The average molecular weight is 839 g/mol. The SMILES string of the molecule is CC/C=C\C/C=C\C/C=C\C/C=C\C/C=C\CCCC(=O)O[C@@H](COC(=O)CCCCCCCCCCCCCC)COC(=O)CCCCCCCCCCCCCCC. The molecule has 0 rings (SSSR count). The van der Waals surface area contributed by atoms with E-state index in [4.69, 9.17) is 14.2 Å². The zero-order chi connectivity index (χ0) is 43.7. The highest BCUT2D eigenvalue weighted by Gasteiger charge is 2.19. The Kier molecular flexibility index (Phi) is 46.4. The van der Waals surface area contributed by atoms with Gasteiger partial charge >= 0.3 is 17.9 Å². The van der Waals surface area contributed by atoms with Crippen LogP contribution in [0.4, 0.5) is 0 Å². The van der Waals surface area contributed by atoms with Crippen LogP contribution in [0.15, 0.2) is 60.8 Å². The molecule has 1 atom stereocenters. The van der Waals surface area contributed by atoms with E-state index in [1.54, 1.807) is 0 Å². The molecule has 346 valence electrons. The predicted molar refractivity (Wildman–Crippen MR) is 256 cm³/mol. The molecular formula is C54H94O6. The Morgan fingerprint density at radius 1 is 0.350 bits per heavy atom. The molecule has 6 heteroatoms. The van der Waals surface area contributed by atoms with E-state index in [2.05, 4.69) is 81.5 Å². The van der Waals surface area contributed by atoms with Gasteiger partial charge in [0.05, 0.1) is 0 Å². The number of allylic oxidation sites excluding steroid dienone is 10. The minimum atomic E-state index is -0.798. The Bertz CT molecular complexity index is 1100. The fraction of sp³-hybridized carbons (Fsp3) is 0.759. The lowest BCUT2D eigenvalue weighted by Crippen LogP contribution is -2.30. The number of ether oxygens (including phenoxy) is 3. The van der Waals surface area contributed by atoms with E-state index >= 15 is 0 Å². The molecule has 0 bridgehead atoms. The molecule has 60 heavy (non-hydrogen) atoms. The molecule has 0 aliphatic rings. The number of rotatable bonds is 45. The molecular weight excluding hydrogens is 745 g/mol. The molecule has 0 aliphatic heterocycles. The van der Waals surface area contributed by atoms with Crippen LogP contribution in [0.5, 0.6) is 0 Å². The first kappa shape index (κ1) is 57.1. The third-order valence-electron chi connectivity index (χ3n) is 10.8. The van der Waals surface area contributed by atoms with Crippen LogP contribution in [0.25, 0.3) is 0 Å². The maximum atomic E-state index is 12.8. The number of esters is 3. The van der Waals surface area contributed by atoms with Gasteiger partial charge in [0.25, 0.3) is 0 Å². The van der Waals surface area contributed by atoms with E-state index in [9.17, 15) is 14.4 Å². The summed E-state index contributed by atoms with van der Waals surface area (Å²) in [4.78, 5) is 37.9. The van der Waals surface area contributed by atoms with Gasteiger partial charge in [-0.3, -0.25) is 14.4 Å². The highest BCUT2D eigenvalue weighted by Crippen LogP contribution is 2.15. The Labute approximate surface area is 370 Å². The minimum absolute atomic E-state index is 0.0936. The van der Waals surface area contributed by atoms with Gasteiger partial charge < -0.3 is 14.2 Å². The van der Waals surface area contributed by atoms with Gasteiger partial charge in [-0.05, 0) is 57.8 Å². The van der Waals surface area contributed by atoms with Gasteiger partial charge in [0, 0.05) is 19.3 Å². The standard InChI is InChI=1S/C54H94O6/c1-4-7-10-13-16-19-22-25-26-27-28-30-33-36-39-42-45-48-54(57)60-51(49-58-52(55)46-43-40-37-34-31-24-21-18-15-12-9-6-3)50-59-53(56)47-44-41-38-35-32-29-23-20-17-14-11-8-5-2/h7,10,16,19,25-26,28,30,36,39,51H,4-6,8-9,11-15,17-18,20-24,27,29,31-35,37-38,40-50H2,1-3H3/b10-7-,19-16-,26-25-,30-28-,39-36-/t51-/m0/s1. The molecule has 0 amide bonds. The lowest BCUT2D eigenvalue weighted by atomic mass is 10.0. The smallest absolute Gasteiger partial charge is 0.306 e. The Hall–Kier alpha value is -2.89. The summed E-state index contributed by atoms with van der Waals surface area (Å²) in [6, 6.07) is 0. The van der Waals surface area contributed by atoms with E-state index in [0.717, 1.165) is 77.0 Å². The van der Waals surface area contributed by atoms with Crippen LogP contribution < -0.4 is 0 Å². The van der Waals surface area contributed by atoms with Crippen LogP contribution in [0.1, 0.15) is 245 Å². The summed E-state index contributed by atoms with van der Waals surface area (Å²) in [5.74, 6) is -0.947. The number of hydrogen-bond donors (Lipinski definition) is 0. The van der Waals surface area contributed by atoms with Crippen LogP contribution >= 0.6 is 0 Å². The Balaban J connectivity index is 4.46. The summed E-state index contributed by atoms with van der Waals surface area (Å²) < 4.78 is 16.7. The third kappa shape index (κ3) is 46.2. The highest BCUT2D eigenvalue weighted by atomic mass is 16.6. The molecule has 0 fully saturated rings. The fourth-order valence-electron chi connectivity index (χ4n) is 7.01. The third-order valence-corrected chi connectivity index (χ3v) is 10.8. The van der Waals surface area contributed by atoms with Crippen molar-refractivity contribution in [2.24, 2.45) is 0 Å². The molecule has 0 unspecified atom stereocenters. The van der Waals surface area contributed by atoms with Gasteiger partial charge in [-0.2, -0.15) is 0 Å². The molecule has 6 nitrogen and oxygen atoms in total. The largest absolute Gasteiger partial charge is 0.462 e. The van der Waals surface area contributed by atoms with Gasteiger partial charge in [0.1, 0.15) is 13.2 Å². The maximum absolute atomic E-state index is 12.8. The van der Waals surface area contributed by atoms with Crippen LogP contribution in [0, 0.1) is 0 Å². The molecule has 0 saturated heterocycles. The van der Waals surface area contributed by atoms with Crippen molar-refractivity contribution in [2.45, 2.75) is 252 Å². The molecule has 0 aliphatic carbocycles. The van der Waals surface area contributed by atoms with Crippen LogP contribution in [-0.2, 0) is 28.6 Å². The second kappa shape index (κ2) is 48.8. The second-order valence-electron chi connectivity index (χ2n) is 16.7. The van der Waals surface area contributed by atoms with Gasteiger partial charge in [-0.1, -0.05) is 229 Å². The predicted octanol–water partition coefficient (Wildman–Crippen LogP) is 16.5. The number of hydrogen-bond acceptors (Lipinski definition) is 6. The van der Waals surface area contributed by atoms with E-state index in [1.165, 1.54) is 122 Å². The normalized spacial score (nSPS) is 12.5. The molecule has 0 aromatic rings. The van der Waals surface area contributed by atoms with Gasteiger partial charge in [-0.15, -0.1) is 0 Å². The summed E-state index contributed by atoms with van der Waals surface area (Å²) in [5.41, 5.74) is 0. The molecule has 0 saturated carbocycles. The summed E-state index contributed by atoms with van der Waals surface area (Å²) >= 11 is 0. The summed E-state index contributed by atoms with van der Waals surface area (Å²) in [5, 5.41) is 0. The van der Waals surface area contributed by atoms with Gasteiger partial charge in [-0.25, -0.2) is 0 Å². The molecule has 0 spiro atoms. The number of carbonyl (C=O) groups excluding carboxylic acids is 3. The van der Waals surface area contributed by atoms with Crippen molar-refractivity contribution in [3.63, 3.8) is 0 Å². The first-order valence-electron chi connectivity index (χ1n) is 25.3. The number of carbonyl (C=O) groups is 3. The molecule has 0 radical (unpaired) electrons. The zero-order valence-electron chi connectivity index (χ0n) is 39.5. The topological polar surface area (TPSA) is 78.9 Å².